The molecule has 4 nitrogen and oxygen atoms in total. The molecule has 1 saturated heterocycles. The molecule has 1 unspecified atom stereocenters. The molecule has 0 aromatic carbocycles. The third-order valence-electron chi connectivity index (χ3n) is 2.88. The van der Waals surface area contributed by atoms with Crippen LogP contribution in [0.15, 0.2) is 12.3 Å². The van der Waals surface area contributed by atoms with Crippen LogP contribution in [0.5, 0.6) is 0 Å². The minimum absolute atomic E-state index is 0. The number of nitrogens with one attached hydrogen (secondary N) is 2. The van der Waals surface area contributed by atoms with Gasteiger partial charge in [-0.3, -0.25) is 4.79 Å². The van der Waals surface area contributed by atoms with Gasteiger partial charge in [0, 0.05) is 25.8 Å². The SMILES string of the molecule is Cl.Cn1cc(Cl)cc1C(=O)NCC1CCCN1. The van der Waals surface area contributed by atoms with Gasteiger partial charge in [-0.15, -0.1) is 12.4 Å². The second kappa shape index (κ2) is 6.28. The largest absolute Gasteiger partial charge is 0.349 e. The molecule has 0 spiro atoms. The molecule has 0 aliphatic carbocycles. The number of hydrogen-bond acceptors (Lipinski definition) is 2. The summed E-state index contributed by atoms with van der Waals surface area (Å²) in [6.07, 6.45) is 4.05. The second-order valence-electron chi connectivity index (χ2n) is 4.16. The molecule has 2 N–H and O–H groups in total. The van der Waals surface area contributed by atoms with Gasteiger partial charge in [0.1, 0.15) is 5.69 Å². The Labute approximate surface area is 112 Å². The number of rotatable bonds is 3. The molecular weight excluding hydrogens is 261 g/mol. The van der Waals surface area contributed by atoms with Gasteiger partial charge in [0.05, 0.1) is 5.02 Å². The van der Waals surface area contributed by atoms with Crippen LogP contribution in [-0.4, -0.2) is 29.6 Å². The monoisotopic (exact) mass is 277 g/mol. The first-order chi connectivity index (χ1) is 7.66. The van der Waals surface area contributed by atoms with Crippen LogP contribution in [0.1, 0.15) is 23.3 Å². The fourth-order valence-corrected chi connectivity index (χ4v) is 2.24. The quantitative estimate of drug-likeness (QED) is 0.882. The lowest BCUT2D eigenvalue weighted by atomic mass is 10.2. The lowest BCUT2D eigenvalue weighted by molar-refractivity contribution is 0.0942. The fraction of sp³-hybridized carbons (Fsp3) is 0.545. The topological polar surface area (TPSA) is 46.1 Å². The van der Waals surface area contributed by atoms with Crippen LogP contribution >= 0.6 is 24.0 Å². The maximum atomic E-state index is 11.8. The molecule has 17 heavy (non-hydrogen) atoms. The number of aryl methyl sites for hydroxylation is 1. The lowest BCUT2D eigenvalue weighted by Gasteiger charge is -2.11. The van der Waals surface area contributed by atoms with Gasteiger partial charge < -0.3 is 15.2 Å². The van der Waals surface area contributed by atoms with E-state index in [0.29, 0.717) is 23.3 Å². The number of hydrogen-bond donors (Lipinski definition) is 2. The molecule has 0 radical (unpaired) electrons. The summed E-state index contributed by atoms with van der Waals surface area (Å²) in [6, 6.07) is 2.10. The van der Waals surface area contributed by atoms with Crippen molar-refractivity contribution in [3.8, 4) is 0 Å². The van der Waals surface area contributed by atoms with E-state index in [-0.39, 0.29) is 18.3 Å². The fourth-order valence-electron chi connectivity index (χ4n) is 1.99. The van der Waals surface area contributed by atoms with Crippen molar-refractivity contribution in [3.05, 3.63) is 23.0 Å². The van der Waals surface area contributed by atoms with E-state index in [2.05, 4.69) is 10.6 Å². The highest BCUT2D eigenvalue weighted by Gasteiger charge is 2.16. The van der Waals surface area contributed by atoms with Crippen molar-refractivity contribution in [2.75, 3.05) is 13.1 Å². The molecule has 2 rings (SSSR count). The summed E-state index contributed by atoms with van der Waals surface area (Å²) in [5.41, 5.74) is 0.600. The zero-order valence-electron chi connectivity index (χ0n) is 9.70. The molecule has 0 bridgehead atoms. The summed E-state index contributed by atoms with van der Waals surface area (Å²) < 4.78 is 1.74. The summed E-state index contributed by atoms with van der Waals surface area (Å²) >= 11 is 5.82. The smallest absolute Gasteiger partial charge is 0.268 e. The Hall–Kier alpha value is -0.710. The van der Waals surface area contributed by atoms with Crippen LogP contribution in [0.3, 0.4) is 0 Å². The molecular formula is C11H17Cl2N3O. The minimum atomic E-state index is -0.0666. The minimum Gasteiger partial charge on any atom is -0.349 e. The molecule has 0 saturated carbocycles. The van der Waals surface area contributed by atoms with Gasteiger partial charge in [0.25, 0.3) is 5.91 Å². The van der Waals surface area contributed by atoms with E-state index in [1.165, 1.54) is 6.42 Å². The highest BCUT2D eigenvalue weighted by Crippen LogP contribution is 2.12. The van der Waals surface area contributed by atoms with E-state index in [1.807, 2.05) is 7.05 Å². The summed E-state index contributed by atoms with van der Waals surface area (Å²) in [4.78, 5) is 11.8. The van der Waals surface area contributed by atoms with E-state index in [9.17, 15) is 4.79 Å². The maximum absolute atomic E-state index is 11.8. The van der Waals surface area contributed by atoms with Crippen molar-refractivity contribution >= 4 is 29.9 Å². The molecule has 1 aromatic heterocycles. The number of halogens is 2. The van der Waals surface area contributed by atoms with Crippen LogP contribution in [0, 0.1) is 0 Å². The van der Waals surface area contributed by atoms with E-state index < -0.39 is 0 Å². The van der Waals surface area contributed by atoms with Crippen molar-refractivity contribution in [1.82, 2.24) is 15.2 Å². The van der Waals surface area contributed by atoms with Crippen LogP contribution < -0.4 is 10.6 Å². The first-order valence-electron chi connectivity index (χ1n) is 5.50. The number of amides is 1. The normalized spacial score (nSPS) is 18.8. The summed E-state index contributed by atoms with van der Waals surface area (Å²) in [5, 5.41) is 6.84. The summed E-state index contributed by atoms with van der Waals surface area (Å²) in [5.74, 6) is -0.0666. The number of carbonyl (C=O) groups excluding carboxylic acids is 1. The van der Waals surface area contributed by atoms with Gasteiger partial charge in [0.2, 0.25) is 0 Å². The van der Waals surface area contributed by atoms with E-state index >= 15 is 0 Å². The summed E-state index contributed by atoms with van der Waals surface area (Å²) in [7, 11) is 1.81. The second-order valence-corrected chi connectivity index (χ2v) is 4.59. The van der Waals surface area contributed by atoms with Gasteiger partial charge in [-0.2, -0.15) is 0 Å². The van der Waals surface area contributed by atoms with Gasteiger partial charge in [0.15, 0.2) is 0 Å². The van der Waals surface area contributed by atoms with Crippen LogP contribution in [-0.2, 0) is 7.05 Å². The first-order valence-corrected chi connectivity index (χ1v) is 5.88. The van der Waals surface area contributed by atoms with E-state index in [1.54, 1.807) is 16.8 Å². The Bertz CT molecular complexity index is 386. The van der Waals surface area contributed by atoms with Crippen LogP contribution in [0.2, 0.25) is 5.02 Å². The number of carbonyl (C=O) groups is 1. The molecule has 1 aliphatic rings. The van der Waals surface area contributed by atoms with Crippen LogP contribution in [0.4, 0.5) is 0 Å². The first kappa shape index (κ1) is 14.4. The average Bonchev–Trinajstić information content (AvgIpc) is 2.84. The number of nitrogens with zero attached hydrogens (tertiary/aromatic N) is 1. The highest BCUT2D eigenvalue weighted by molar-refractivity contribution is 6.31. The maximum Gasteiger partial charge on any atom is 0.268 e. The number of aromatic nitrogens is 1. The Kier molecular flexibility index (Phi) is 5.31. The zero-order valence-corrected chi connectivity index (χ0v) is 11.3. The Morgan fingerprint density at radius 3 is 3.00 bits per heavy atom. The van der Waals surface area contributed by atoms with E-state index in [0.717, 1.165) is 13.0 Å². The standard InChI is InChI=1S/C11H16ClN3O.ClH/c1-15-7-8(12)5-10(15)11(16)14-6-9-3-2-4-13-9;/h5,7,9,13H,2-4,6H2,1H3,(H,14,16);1H. The molecule has 1 aromatic rings. The van der Waals surface area contributed by atoms with Gasteiger partial charge in [-0.1, -0.05) is 11.6 Å². The predicted octanol–water partition coefficient (Wildman–Crippen LogP) is 1.58. The zero-order chi connectivity index (χ0) is 11.5. The molecule has 1 aliphatic heterocycles. The third-order valence-corrected chi connectivity index (χ3v) is 3.08. The third kappa shape index (κ3) is 3.63. The van der Waals surface area contributed by atoms with Gasteiger partial charge >= 0.3 is 0 Å². The molecule has 1 atom stereocenters. The van der Waals surface area contributed by atoms with Crippen molar-refractivity contribution in [3.63, 3.8) is 0 Å². The van der Waals surface area contributed by atoms with Crippen molar-refractivity contribution < 1.29 is 4.79 Å². The average molecular weight is 278 g/mol. The predicted molar refractivity (Wildman–Crippen MR) is 71.0 cm³/mol. The molecule has 1 fully saturated rings. The van der Waals surface area contributed by atoms with Crippen molar-refractivity contribution in [2.24, 2.45) is 7.05 Å². The van der Waals surface area contributed by atoms with Crippen molar-refractivity contribution in [1.29, 1.82) is 0 Å². The lowest BCUT2D eigenvalue weighted by Crippen LogP contribution is -2.37. The van der Waals surface area contributed by atoms with Gasteiger partial charge in [-0.05, 0) is 25.5 Å². The summed E-state index contributed by atoms with van der Waals surface area (Å²) in [6.45, 7) is 1.73. The molecule has 96 valence electrons. The van der Waals surface area contributed by atoms with E-state index in [4.69, 9.17) is 11.6 Å². The molecule has 2 heterocycles. The molecule has 6 heteroatoms. The Morgan fingerprint density at radius 1 is 1.71 bits per heavy atom. The Morgan fingerprint density at radius 2 is 2.47 bits per heavy atom. The Balaban J connectivity index is 0.00000144. The van der Waals surface area contributed by atoms with Crippen molar-refractivity contribution in [2.45, 2.75) is 18.9 Å². The highest BCUT2D eigenvalue weighted by atomic mass is 35.5. The van der Waals surface area contributed by atoms with Gasteiger partial charge in [-0.25, -0.2) is 0 Å². The van der Waals surface area contributed by atoms with Crippen LogP contribution in [0.25, 0.3) is 0 Å². The molecule has 1 amide bonds.